The summed E-state index contributed by atoms with van der Waals surface area (Å²) in [5, 5.41) is 0. The average Bonchev–Trinajstić information content (AvgIpc) is 3.07. The van der Waals surface area contributed by atoms with Gasteiger partial charge in [0.25, 0.3) is 0 Å². The van der Waals surface area contributed by atoms with Crippen molar-refractivity contribution in [3.8, 4) is 11.3 Å². The van der Waals surface area contributed by atoms with Crippen molar-refractivity contribution in [1.82, 2.24) is 19.9 Å². The Balaban J connectivity index is 1.75. The minimum Gasteiger partial charge on any atom is -0.345 e. The van der Waals surface area contributed by atoms with E-state index in [4.69, 9.17) is 0 Å². The topological polar surface area (TPSA) is 44.8 Å². The first-order chi connectivity index (χ1) is 12.8. The van der Waals surface area contributed by atoms with E-state index in [9.17, 15) is 0 Å². The minimum atomic E-state index is 0.222. The van der Waals surface area contributed by atoms with E-state index >= 15 is 0 Å². The maximum Gasteiger partial charge on any atom is 0.123 e. The van der Waals surface area contributed by atoms with E-state index in [0.717, 1.165) is 29.9 Å². The molecule has 142 valence electrons. The van der Waals surface area contributed by atoms with Crippen molar-refractivity contribution < 1.29 is 0 Å². The minimum absolute atomic E-state index is 0.222. The van der Waals surface area contributed by atoms with Gasteiger partial charge in [-0.1, -0.05) is 51.1 Å². The molecule has 2 heterocycles. The van der Waals surface area contributed by atoms with Crippen LogP contribution in [0.25, 0.3) is 11.3 Å². The van der Waals surface area contributed by atoms with Gasteiger partial charge in [-0.15, -0.1) is 0 Å². The fraction of sp³-hybridized carbons (Fsp3) is 0.391. The lowest BCUT2D eigenvalue weighted by molar-refractivity contribution is 0.286. The number of nitrogens with one attached hydrogen (secondary N) is 1. The number of likely N-dealkylation sites (N-methyl/N-ethyl adjacent to an activating group) is 1. The molecular formula is C23H30N4. The third-order valence-electron chi connectivity index (χ3n) is 4.65. The van der Waals surface area contributed by atoms with E-state index in [-0.39, 0.29) is 11.5 Å². The summed E-state index contributed by atoms with van der Waals surface area (Å²) < 4.78 is 0. The Kier molecular flexibility index (Phi) is 5.76. The third-order valence-corrected chi connectivity index (χ3v) is 4.65. The highest BCUT2D eigenvalue weighted by molar-refractivity contribution is 5.59. The van der Waals surface area contributed by atoms with Crippen LogP contribution in [0.15, 0.2) is 54.9 Å². The predicted molar refractivity (Wildman–Crippen MR) is 112 cm³/mol. The lowest BCUT2D eigenvalue weighted by atomic mass is 9.91. The molecule has 1 N–H and O–H groups in total. The Morgan fingerprint density at radius 1 is 1.00 bits per heavy atom. The largest absolute Gasteiger partial charge is 0.345 e. The number of aromatic nitrogens is 3. The molecule has 2 aromatic heterocycles. The van der Waals surface area contributed by atoms with Gasteiger partial charge in [-0.2, -0.15) is 0 Å². The third kappa shape index (κ3) is 5.27. The maximum absolute atomic E-state index is 4.68. The first-order valence-corrected chi connectivity index (χ1v) is 9.52. The molecule has 4 nitrogen and oxygen atoms in total. The number of benzene rings is 1. The van der Waals surface area contributed by atoms with Crippen LogP contribution in [-0.2, 0) is 12.8 Å². The van der Waals surface area contributed by atoms with Crippen molar-refractivity contribution in [1.29, 1.82) is 0 Å². The van der Waals surface area contributed by atoms with Gasteiger partial charge < -0.3 is 4.98 Å². The van der Waals surface area contributed by atoms with E-state index in [0.29, 0.717) is 0 Å². The molecule has 1 atom stereocenters. The Morgan fingerprint density at radius 2 is 1.74 bits per heavy atom. The zero-order valence-electron chi connectivity index (χ0n) is 17.0. The lowest BCUT2D eigenvalue weighted by Crippen LogP contribution is -2.23. The van der Waals surface area contributed by atoms with Crippen LogP contribution in [0, 0.1) is 5.41 Å². The number of hydrogen-bond acceptors (Lipinski definition) is 3. The smallest absolute Gasteiger partial charge is 0.123 e. The van der Waals surface area contributed by atoms with Crippen LogP contribution in [0.4, 0.5) is 0 Å². The molecule has 27 heavy (non-hydrogen) atoms. The molecule has 0 fully saturated rings. The SMILES string of the molecule is CN(C)C(Cc1ccc(-c2ccccn2)cc1)c1ncc(CC(C)(C)C)[nH]1. The molecule has 0 amide bonds. The van der Waals surface area contributed by atoms with E-state index < -0.39 is 0 Å². The van der Waals surface area contributed by atoms with Crippen molar-refractivity contribution in [3.63, 3.8) is 0 Å². The first kappa shape index (κ1) is 19.3. The standard InChI is InChI=1S/C23H30N4/c1-23(2,3)15-19-16-25-22(26-19)21(27(4)5)14-17-9-11-18(12-10-17)20-8-6-7-13-24-20/h6-13,16,21H,14-15H2,1-5H3,(H,25,26). The second-order valence-corrected chi connectivity index (χ2v) is 8.63. The summed E-state index contributed by atoms with van der Waals surface area (Å²) in [6, 6.07) is 14.9. The van der Waals surface area contributed by atoms with E-state index in [2.05, 4.69) is 79.0 Å². The van der Waals surface area contributed by atoms with Gasteiger partial charge in [0.1, 0.15) is 5.82 Å². The summed E-state index contributed by atoms with van der Waals surface area (Å²) in [6.07, 6.45) is 5.73. The molecule has 0 spiro atoms. The number of pyridine rings is 1. The van der Waals surface area contributed by atoms with Gasteiger partial charge in [0.05, 0.1) is 11.7 Å². The summed E-state index contributed by atoms with van der Waals surface area (Å²) in [5.41, 5.74) is 4.90. The van der Waals surface area contributed by atoms with Crippen LogP contribution < -0.4 is 0 Å². The molecule has 0 aliphatic rings. The summed E-state index contributed by atoms with van der Waals surface area (Å²) in [4.78, 5) is 14.9. The number of H-pyrrole nitrogens is 1. The monoisotopic (exact) mass is 362 g/mol. The molecule has 0 radical (unpaired) electrons. The number of hydrogen-bond donors (Lipinski definition) is 1. The van der Waals surface area contributed by atoms with Crippen molar-refractivity contribution >= 4 is 0 Å². The molecule has 0 bridgehead atoms. The Bertz CT molecular complexity index is 842. The van der Waals surface area contributed by atoms with Gasteiger partial charge >= 0.3 is 0 Å². The zero-order valence-corrected chi connectivity index (χ0v) is 17.0. The zero-order chi connectivity index (χ0) is 19.4. The molecule has 1 unspecified atom stereocenters. The normalized spacial score (nSPS) is 13.1. The number of aromatic amines is 1. The van der Waals surface area contributed by atoms with E-state index in [1.54, 1.807) is 0 Å². The van der Waals surface area contributed by atoms with Crippen LogP contribution in [0.1, 0.15) is 43.9 Å². The van der Waals surface area contributed by atoms with Crippen molar-refractivity contribution in [3.05, 3.63) is 71.9 Å². The fourth-order valence-electron chi connectivity index (χ4n) is 3.30. The van der Waals surface area contributed by atoms with Crippen molar-refractivity contribution in [2.75, 3.05) is 14.1 Å². The Morgan fingerprint density at radius 3 is 2.33 bits per heavy atom. The highest BCUT2D eigenvalue weighted by Crippen LogP contribution is 2.25. The van der Waals surface area contributed by atoms with Crippen molar-refractivity contribution in [2.24, 2.45) is 5.41 Å². The summed E-state index contributed by atoms with van der Waals surface area (Å²) in [6.45, 7) is 6.75. The molecule has 0 aliphatic carbocycles. The molecule has 4 heteroatoms. The summed E-state index contributed by atoms with van der Waals surface area (Å²) in [7, 11) is 4.22. The van der Waals surface area contributed by atoms with E-state index in [1.807, 2.05) is 30.6 Å². The second-order valence-electron chi connectivity index (χ2n) is 8.63. The quantitative estimate of drug-likeness (QED) is 0.678. The second kappa shape index (κ2) is 8.05. The molecule has 3 aromatic rings. The Hall–Kier alpha value is -2.46. The van der Waals surface area contributed by atoms with Crippen LogP contribution in [0.2, 0.25) is 0 Å². The van der Waals surface area contributed by atoms with Crippen LogP contribution in [0.5, 0.6) is 0 Å². The summed E-state index contributed by atoms with van der Waals surface area (Å²) in [5.74, 6) is 1.04. The van der Waals surface area contributed by atoms with E-state index in [1.165, 1.54) is 11.3 Å². The molecule has 3 rings (SSSR count). The molecule has 0 saturated heterocycles. The van der Waals surface area contributed by atoms with Crippen LogP contribution >= 0.6 is 0 Å². The average molecular weight is 363 g/mol. The number of rotatable bonds is 6. The highest BCUT2D eigenvalue weighted by Gasteiger charge is 2.20. The van der Waals surface area contributed by atoms with Gasteiger partial charge in [0, 0.05) is 23.7 Å². The first-order valence-electron chi connectivity index (χ1n) is 9.52. The maximum atomic E-state index is 4.68. The molecule has 1 aromatic carbocycles. The number of nitrogens with zero attached hydrogens (tertiary/aromatic N) is 3. The van der Waals surface area contributed by atoms with Crippen molar-refractivity contribution in [2.45, 2.75) is 39.7 Å². The van der Waals surface area contributed by atoms with Gasteiger partial charge in [0.2, 0.25) is 0 Å². The molecule has 0 saturated carbocycles. The van der Waals surface area contributed by atoms with Gasteiger partial charge in [0.15, 0.2) is 0 Å². The molecular weight excluding hydrogens is 332 g/mol. The predicted octanol–water partition coefficient (Wildman–Crippen LogP) is 4.91. The highest BCUT2D eigenvalue weighted by atomic mass is 15.1. The van der Waals surface area contributed by atoms with Gasteiger partial charge in [-0.3, -0.25) is 9.88 Å². The van der Waals surface area contributed by atoms with Crippen LogP contribution in [-0.4, -0.2) is 33.9 Å². The fourth-order valence-corrected chi connectivity index (χ4v) is 3.30. The van der Waals surface area contributed by atoms with Gasteiger partial charge in [-0.05, 0) is 50.0 Å². The van der Waals surface area contributed by atoms with Crippen LogP contribution in [0.3, 0.4) is 0 Å². The summed E-state index contributed by atoms with van der Waals surface area (Å²) >= 11 is 0. The van der Waals surface area contributed by atoms with Gasteiger partial charge in [-0.25, -0.2) is 4.98 Å². The molecule has 0 aliphatic heterocycles. The lowest BCUT2D eigenvalue weighted by Gasteiger charge is -2.23. The Labute approximate surface area is 162 Å². The number of imidazole rings is 1.